The summed E-state index contributed by atoms with van der Waals surface area (Å²) in [4.78, 5) is 22.2. The van der Waals surface area contributed by atoms with E-state index in [1.54, 1.807) is 14.0 Å². The van der Waals surface area contributed by atoms with Gasteiger partial charge in [0.15, 0.2) is 5.17 Å². The summed E-state index contributed by atoms with van der Waals surface area (Å²) < 4.78 is 5.14. The number of nitrogens with zero attached hydrogens (tertiary/aromatic N) is 2. The topological polar surface area (TPSA) is 100 Å². The van der Waals surface area contributed by atoms with E-state index < -0.39 is 11.2 Å². The molecule has 0 bridgehead atoms. The quantitative estimate of drug-likeness (QED) is 0.632. The number of rotatable bonds is 5. The molecule has 22 heavy (non-hydrogen) atoms. The molecule has 0 saturated carbocycles. The molecule has 1 fully saturated rings. The van der Waals surface area contributed by atoms with Crippen LogP contribution >= 0.6 is 11.8 Å². The third-order valence-electron chi connectivity index (χ3n) is 2.91. The Morgan fingerprint density at radius 2 is 2.27 bits per heavy atom. The van der Waals surface area contributed by atoms with Crippen molar-refractivity contribution in [1.29, 1.82) is 0 Å². The molecular weight excluding hydrogens is 306 g/mol. The second-order valence-corrected chi connectivity index (χ2v) is 5.71. The molecule has 7 nitrogen and oxygen atoms in total. The van der Waals surface area contributed by atoms with Gasteiger partial charge < -0.3 is 15.2 Å². The van der Waals surface area contributed by atoms with Crippen LogP contribution in [0.15, 0.2) is 34.5 Å². The summed E-state index contributed by atoms with van der Waals surface area (Å²) in [5, 5.41) is 18.9. The van der Waals surface area contributed by atoms with Gasteiger partial charge in [-0.2, -0.15) is 5.10 Å². The number of carboxylic acid groups (broad SMARTS) is 1. The molecule has 2 N–H and O–H groups in total. The summed E-state index contributed by atoms with van der Waals surface area (Å²) in [5.74, 6) is -0.671. The van der Waals surface area contributed by atoms with Gasteiger partial charge in [0.2, 0.25) is 5.91 Å². The zero-order chi connectivity index (χ0) is 16.1. The summed E-state index contributed by atoms with van der Waals surface area (Å²) in [5.41, 5.74) is 1.50. The monoisotopic (exact) mass is 321 g/mol. The van der Waals surface area contributed by atoms with E-state index in [0.717, 1.165) is 17.3 Å². The highest BCUT2D eigenvalue weighted by molar-refractivity contribution is 8.15. The van der Waals surface area contributed by atoms with E-state index in [1.165, 1.54) is 0 Å². The first-order chi connectivity index (χ1) is 10.5. The van der Waals surface area contributed by atoms with Gasteiger partial charge >= 0.3 is 5.97 Å². The van der Waals surface area contributed by atoms with Crippen molar-refractivity contribution in [2.75, 3.05) is 7.11 Å². The molecule has 1 aliphatic rings. The normalized spacial score (nSPS) is 20.1. The fraction of sp³-hybridized carbons (Fsp3) is 0.286. The van der Waals surface area contributed by atoms with Gasteiger partial charge in [-0.25, -0.2) is 0 Å². The number of carbonyl (C=O) groups is 2. The van der Waals surface area contributed by atoms with Crippen LogP contribution in [0.2, 0.25) is 0 Å². The number of thioether (sulfide) groups is 1. The number of nitrogens with one attached hydrogen (secondary N) is 1. The Morgan fingerprint density at radius 3 is 2.95 bits per heavy atom. The standard InChI is InChI=1S/C14H15N3O4S/c1-8(9-4-3-5-10(6-9)21-2)16-17-14-15-13(20)11(22-14)7-12(18)19/h3-6,11H,7H2,1-2H3,(H,18,19)(H,15,17,20)/b16-8-/t11-/m1/s1. The van der Waals surface area contributed by atoms with E-state index in [1.807, 2.05) is 24.3 Å². The summed E-state index contributed by atoms with van der Waals surface area (Å²) in [7, 11) is 1.58. The van der Waals surface area contributed by atoms with Crippen LogP contribution in [-0.2, 0) is 9.59 Å². The lowest BCUT2D eigenvalue weighted by atomic mass is 10.1. The highest BCUT2D eigenvalue weighted by Gasteiger charge is 2.32. The first-order valence-corrected chi connectivity index (χ1v) is 7.33. The fourth-order valence-electron chi connectivity index (χ4n) is 1.77. The molecule has 1 atom stereocenters. The third-order valence-corrected chi connectivity index (χ3v) is 3.99. The Kier molecular flexibility index (Phi) is 5.16. The molecule has 0 radical (unpaired) electrons. The van der Waals surface area contributed by atoms with E-state index in [-0.39, 0.29) is 12.3 Å². The maximum atomic E-state index is 11.6. The maximum Gasteiger partial charge on any atom is 0.305 e. The molecule has 1 aromatic carbocycles. The van der Waals surface area contributed by atoms with Crippen LogP contribution in [-0.4, -0.2) is 40.2 Å². The lowest BCUT2D eigenvalue weighted by Crippen LogP contribution is -2.26. The molecule has 116 valence electrons. The lowest BCUT2D eigenvalue weighted by Gasteiger charge is -2.02. The van der Waals surface area contributed by atoms with Crippen molar-refractivity contribution in [3.8, 4) is 5.75 Å². The largest absolute Gasteiger partial charge is 0.497 e. The molecule has 0 aromatic heterocycles. The van der Waals surface area contributed by atoms with Gasteiger partial charge in [0, 0.05) is 5.56 Å². The minimum Gasteiger partial charge on any atom is -0.497 e. The van der Waals surface area contributed by atoms with Gasteiger partial charge in [-0.1, -0.05) is 23.9 Å². The number of hydrogen-bond acceptors (Lipinski definition) is 6. The van der Waals surface area contributed by atoms with Crippen molar-refractivity contribution >= 4 is 34.5 Å². The summed E-state index contributed by atoms with van der Waals surface area (Å²) >= 11 is 1.07. The summed E-state index contributed by atoms with van der Waals surface area (Å²) in [6.45, 7) is 1.79. The summed E-state index contributed by atoms with van der Waals surface area (Å²) in [6, 6.07) is 7.36. The van der Waals surface area contributed by atoms with Gasteiger partial charge in [-0.05, 0) is 19.1 Å². The highest BCUT2D eigenvalue weighted by Crippen LogP contribution is 2.22. The SMILES string of the molecule is COc1cccc(/C(C)=N\N=C2\NC(=O)[C@@H](CC(=O)O)S2)c1. The van der Waals surface area contributed by atoms with Gasteiger partial charge in [0.05, 0.1) is 19.2 Å². The second-order valence-electron chi connectivity index (χ2n) is 4.52. The fourth-order valence-corrected chi connectivity index (χ4v) is 2.68. The minimum atomic E-state index is -1.02. The van der Waals surface area contributed by atoms with Crippen LogP contribution in [0.5, 0.6) is 5.75 Å². The molecule has 1 saturated heterocycles. The molecule has 0 aliphatic carbocycles. The van der Waals surface area contributed by atoms with E-state index in [0.29, 0.717) is 16.6 Å². The average Bonchev–Trinajstić information content (AvgIpc) is 2.84. The molecule has 0 spiro atoms. The van der Waals surface area contributed by atoms with Crippen molar-refractivity contribution in [1.82, 2.24) is 5.32 Å². The van der Waals surface area contributed by atoms with E-state index in [9.17, 15) is 9.59 Å². The average molecular weight is 321 g/mol. The molecule has 1 aliphatic heterocycles. The van der Waals surface area contributed by atoms with Crippen molar-refractivity contribution in [2.45, 2.75) is 18.6 Å². The Morgan fingerprint density at radius 1 is 1.50 bits per heavy atom. The Hall–Kier alpha value is -2.35. The zero-order valence-corrected chi connectivity index (χ0v) is 12.9. The van der Waals surface area contributed by atoms with Gasteiger partial charge in [0.1, 0.15) is 11.0 Å². The zero-order valence-electron chi connectivity index (χ0n) is 12.1. The minimum absolute atomic E-state index is 0.242. The van der Waals surface area contributed by atoms with Crippen molar-refractivity contribution in [2.24, 2.45) is 10.2 Å². The van der Waals surface area contributed by atoms with Crippen molar-refractivity contribution < 1.29 is 19.4 Å². The second kappa shape index (κ2) is 7.08. The first kappa shape index (κ1) is 16.0. The predicted molar refractivity (Wildman–Crippen MR) is 84.4 cm³/mol. The van der Waals surface area contributed by atoms with Gasteiger partial charge in [-0.15, -0.1) is 5.10 Å². The molecule has 0 unspecified atom stereocenters. The van der Waals surface area contributed by atoms with Gasteiger partial charge in [0.25, 0.3) is 0 Å². The molecule has 1 heterocycles. The molecular formula is C14H15N3O4S. The van der Waals surface area contributed by atoms with Crippen LogP contribution in [0.1, 0.15) is 18.9 Å². The number of amidine groups is 1. The Bertz CT molecular complexity index is 657. The van der Waals surface area contributed by atoms with E-state index in [4.69, 9.17) is 9.84 Å². The highest BCUT2D eigenvalue weighted by atomic mass is 32.2. The molecule has 2 rings (SSSR count). The van der Waals surface area contributed by atoms with Crippen molar-refractivity contribution in [3.05, 3.63) is 29.8 Å². The van der Waals surface area contributed by atoms with Crippen LogP contribution in [0.4, 0.5) is 0 Å². The number of methoxy groups -OCH3 is 1. The Balaban J connectivity index is 2.09. The number of amides is 1. The number of aliphatic carboxylic acids is 1. The predicted octanol–water partition coefficient (Wildman–Crippen LogP) is 1.48. The number of carboxylic acids is 1. The number of ether oxygens (including phenoxy) is 1. The van der Waals surface area contributed by atoms with E-state index >= 15 is 0 Å². The lowest BCUT2D eigenvalue weighted by molar-refractivity contribution is -0.138. The van der Waals surface area contributed by atoms with Crippen LogP contribution in [0, 0.1) is 0 Å². The van der Waals surface area contributed by atoms with Crippen LogP contribution in [0.25, 0.3) is 0 Å². The van der Waals surface area contributed by atoms with Crippen LogP contribution in [0.3, 0.4) is 0 Å². The molecule has 1 aromatic rings. The summed E-state index contributed by atoms with van der Waals surface area (Å²) in [6.07, 6.45) is -0.242. The smallest absolute Gasteiger partial charge is 0.305 e. The van der Waals surface area contributed by atoms with Gasteiger partial charge in [-0.3, -0.25) is 9.59 Å². The number of hydrogen-bond donors (Lipinski definition) is 2. The number of carbonyl (C=O) groups excluding carboxylic acids is 1. The molecule has 8 heteroatoms. The maximum absolute atomic E-state index is 11.6. The molecule has 1 amide bonds. The number of benzene rings is 1. The van der Waals surface area contributed by atoms with Crippen molar-refractivity contribution in [3.63, 3.8) is 0 Å². The van der Waals surface area contributed by atoms with Crippen LogP contribution < -0.4 is 10.1 Å². The van der Waals surface area contributed by atoms with E-state index in [2.05, 4.69) is 15.5 Å². The third kappa shape index (κ3) is 4.08. The first-order valence-electron chi connectivity index (χ1n) is 6.45. The Labute approximate surface area is 131 Å².